The van der Waals surface area contributed by atoms with Crippen molar-refractivity contribution in [2.45, 2.75) is 0 Å². The van der Waals surface area contributed by atoms with Crippen molar-refractivity contribution in [2.75, 3.05) is 0 Å². The molecule has 1 heterocycles. The van der Waals surface area contributed by atoms with Crippen LogP contribution in [-0.4, -0.2) is 20.8 Å². The number of H-pyrrole nitrogens is 1. The van der Waals surface area contributed by atoms with Crippen LogP contribution in [0.3, 0.4) is 0 Å². The van der Waals surface area contributed by atoms with E-state index in [-0.39, 0.29) is 16.6 Å². The van der Waals surface area contributed by atoms with E-state index in [1.54, 1.807) is 6.07 Å². The van der Waals surface area contributed by atoms with Crippen molar-refractivity contribution in [3.05, 3.63) is 24.0 Å². The number of aromatic amines is 1. The van der Waals surface area contributed by atoms with E-state index >= 15 is 0 Å². The van der Waals surface area contributed by atoms with Gasteiger partial charge in [0, 0.05) is 0 Å². The summed E-state index contributed by atoms with van der Waals surface area (Å²) in [6, 6.07) is 4.53. The summed E-state index contributed by atoms with van der Waals surface area (Å²) in [5.74, 6) is -0.817. The van der Waals surface area contributed by atoms with Crippen molar-refractivity contribution >= 4 is 29.8 Å². The molecule has 1 aromatic carbocycles. The van der Waals surface area contributed by atoms with Gasteiger partial charge in [-0.25, -0.2) is 4.98 Å². The zero-order valence-electron chi connectivity index (χ0n) is 8.04. The lowest BCUT2D eigenvalue weighted by Crippen LogP contribution is -2.14. The van der Waals surface area contributed by atoms with Gasteiger partial charge < -0.3 is 15.6 Å². The van der Waals surface area contributed by atoms with Crippen LogP contribution >= 0.6 is 7.52 Å². The monoisotopic (exact) mass is 240 g/mol. The molecule has 2 rings (SSSR count). The van der Waals surface area contributed by atoms with Crippen LogP contribution in [0, 0.1) is 0 Å². The molecule has 0 radical (unpaired) electrons. The Morgan fingerprint density at radius 3 is 2.75 bits per heavy atom. The van der Waals surface area contributed by atoms with Crippen LogP contribution in [0.2, 0.25) is 0 Å². The standard InChI is InChI=1S/C8H9N4O3P/c9-7(13)8-11-4-2-1-3-5(6(4)12-8)16(10,14)15/h1-3H,(H2,9,13)(H,11,12)(H3,10,14,15). The molecular formula is C8H9N4O3P. The minimum atomic E-state index is -3.92. The highest BCUT2D eigenvalue weighted by molar-refractivity contribution is 7.64. The molecule has 0 saturated carbocycles. The van der Waals surface area contributed by atoms with Gasteiger partial charge in [0.15, 0.2) is 5.82 Å². The van der Waals surface area contributed by atoms with Gasteiger partial charge in [0.25, 0.3) is 13.4 Å². The summed E-state index contributed by atoms with van der Waals surface area (Å²) in [4.78, 5) is 26.7. The van der Waals surface area contributed by atoms with E-state index in [0.29, 0.717) is 5.52 Å². The van der Waals surface area contributed by atoms with Gasteiger partial charge in [-0.1, -0.05) is 6.07 Å². The molecule has 0 aliphatic rings. The summed E-state index contributed by atoms with van der Waals surface area (Å²) in [6.45, 7) is 0. The van der Waals surface area contributed by atoms with Gasteiger partial charge in [-0.3, -0.25) is 14.9 Å². The SMILES string of the molecule is NC(=O)c1nc2c(P(N)(=O)O)cccc2[nH]1. The molecule has 2 aromatic rings. The van der Waals surface area contributed by atoms with Gasteiger partial charge in [0.2, 0.25) is 0 Å². The number of rotatable bonds is 2. The van der Waals surface area contributed by atoms with Gasteiger partial charge in [0.1, 0.15) is 5.52 Å². The minimum absolute atomic E-state index is 0.00579. The quantitative estimate of drug-likeness (QED) is 0.521. The Balaban J connectivity index is 2.78. The number of nitrogens with two attached hydrogens (primary N) is 2. The van der Waals surface area contributed by atoms with Crippen LogP contribution in [0.5, 0.6) is 0 Å². The lowest BCUT2D eigenvalue weighted by Gasteiger charge is -2.04. The van der Waals surface area contributed by atoms with E-state index in [4.69, 9.17) is 11.2 Å². The molecule has 0 fully saturated rings. The maximum absolute atomic E-state index is 11.4. The third kappa shape index (κ3) is 1.71. The molecule has 6 N–H and O–H groups in total. The first-order valence-electron chi connectivity index (χ1n) is 4.30. The molecule has 1 amide bonds. The predicted octanol–water partition coefficient (Wildman–Crippen LogP) is -0.569. The fourth-order valence-electron chi connectivity index (χ4n) is 1.39. The Morgan fingerprint density at radius 2 is 2.19 bits per heavy atom. The molecule has 0 bridgehead atoms. The van der Waals surface area contributed by atoms with Crippen molar-refractivity contribution in [1.82, 2.24) is 9.97 Å². The van der Waals surface area contributed by atoms with E-state index in [1.165, 1.54) is 12.1 Å². The second-order valence-corrected chi connectivity index (χ2v) is 4.97. The van der Waals surface area contributed by atoms with E-state index < -0.39 is 13.4 Å². The zero-order valence-corrected chi connectivity index (χ0v) is 8.94. The molecule has 7 nitrogen and oxygen atoms in total. The highest BCUT2D eigenvalue weighted by Crippen LogP contribution is 2.31. The molecule has 0 spiro atoms. The van der Waals surface area contributed by atoms with Crippen LogP contribution in [0.1, 0.15) is 10.6 Å². The fourth-order valence-corrected chi connectivity index (χ4v) is 2.17. The first-order valence-corrected chi connectivity index (χ1v) is 6.03. The normalized spacial score (nSPS) is 14.9. The summed E-state index contributed by atoms with van der Waals surface area (Å²) < 4.78 is 11.4. The molecule has 1 aromatic heterocycles. The highest BCUT2D eigenvalue weighted by atomic mass is 31.2. The Bertz CT molecular complexity index is 615. The number of hydrogen-bond acceptors (Lipinski definition) is 3. The van der Waals surface area contributed by atoms with Crippen molar-refractivity contribution in [1.29, 1.82) is 0 Å². The molecule has 8 heteroatoms. The molecule has 1 atom stereocenters. The number of aromatic nitrogens is 2. The van der Waals surface area contributed by atoms with Crippen molar-refractivity contribution in [2.24, 2.45) is 11.2 Å². The number of primary amides is 1. The van der Waals surface area contributed by atoms with Crippen LogP contribution in [0.4, 0.5) is 0 Å². The van der Waals surface area contributed by atoms with Gasteiger partial charge >= 0.3 is 0 Å². The summed E-state index contributed by atoms with van der Waals surface area (Å²) >= 11 is 0. The highest BCUT2D eigenvalue weighted by Gasteiger charge is 2.21. The summed E-state index contributed by atoms with van der Waals surface area (Å²) in [6.07, 6.45) is 0. The Morgan fingerprint density at radius 1 is 1.50 bits per heavy atom. The topological polar surface area (TPSA) is 135 Å². The first-order chi connectivity index (χ1) is 7.39. The molecule has 16 heavy (non-hydrogen) atoms. The third-order valence-corrected chi connectivity index (χ3v) is 3.12. The average molecular weight is 240 g/mol. The Kier molecular flexibility index (Phi) is 2.31. The number of carbonyl (C=O) groups excluding carboxylic acids is 1. The van der Waals surface area contributed by atoms with E-state index in [1.807, 2.05) is 0 Å². The van der Waals surface area contributed by atoms with E-state index in [9.17, 15) is 14.3 Å². The molecule has 0 aliphatic heterocycles. The number of nitrogens with zero attached hydrogens (tertiary/aromatic N) is 1. The summed E-state index contributed by atoms with van der Waals surface area (Å²) in [5.41, 5.74) is 10.8. The molecule has 1 unspecified atom stereocenters. The Labute approximate surface area is 90.0 Å². The lowest BCUT2D eigenvalue weighted by molar-refractivity contribution is 0.0991. The predicted molar refractivity (Wildman–Crippen MR) is 58.3 cm³/mol. The lowest BCUT2D eigenvalue weighted by atomic mass is 10.3. The molecule has 0 aliphatic carbocycles. The maximum atomic E-state index is 11.4. The smallest absolute Gasteiger partial charge is 0.296 e. The minimum Gasteiger partial charge on any atom is -0.363 e. The summed E-state index contributed by atoms with van der Waals surface area (Å²) in [5, 5.41) is -0.00579. The number of amides is 1. The molecule has 84 valence electrons. The van der Waals surface area contributed by atoms with Gasteiger partial charge in [0.05, 0.1) is 10.8 Å². The van der Waals surface area contributed by atoms with Gasteiger partial charge in [-0.05, 0) is 12.1 Å². The van der Waals surface area contributed by atoms with Crippen molar-refractivity contribution < 1.29 is 14.3 Å². The van der Waals surface area contributed by atoms with E-state index in [0.717, 1.165) is 0 Å². The second kappa shape index (κ2) is 3.41. The zero-order chi connectivity index (χ0) is 11.9. The first kappa shape index (κ1) is 10.8. The van der Waals surface area contributed by atoms with Gasteiger partial charge in [-0.2, -0.15) is 0 Å². The third-order valence-electron chi connectivity index (χ3n) is 2.07. The number of para-hydroxylation sites is 1. The van der Waals surface area contributed by atoms with Crippen molar-refractivity contribution in [3.8, 4) is 0 Å². The fraction of sp³-hybridized carbons (Fsp3) is 0. The van der Waals surface area contributed by atoms with Crippen molar-refractivity contribution in [3.63, 3.8) is 0 Å². The number of fused-ring (bicyclic) bond motifs is 1. The Hall–Kier alpha value is -1.69. The second-order valence-electron chi connectivity index (χ2n) is 3.25. The summed E-state index contributed by atoms with van der Waals surface area (Å²) in [7, 11) is -3.92. The van der Waals surface area contributed by atoms with Crippen LogP contribution in [0.25, 0.3) is 11.0 Å². The number of carbonyl (C=O) groups is 1. The number of benzene rings is 1. The average Bonchev–Trinajstić information content (AvgIpc) is 2.58. The largest absolute Gasteiger partial charge is 0.363 e. The number of hydrogen-bond donors (Lipinski definition) is 4. The molecular weight excluding hydrogens is 231 g/mol. The number of imidazole rings is 1. The van der Waals surface area contributed by atoms with Crippen LogP contribution in [-0.2, 0) is 4.57 Å². The van der Waals surface area contributed by atoms with Gasteiger partial charge in [-0.15, -0.1) is 0 Å². The number of nitrogens with one attached hydrogen (secondary N) is 1. The molecule has 0 saturated heterocycles. The maximum Gasteiger partial charge on any atom is 0.296 e. The van der Waals surface area contributed by atoms with Crippen LogP contribution < -0.4 is 16.5 Å². The van der Waals surface area contributed by atoms with E-state index in [2.05, 4.69) is 9.97 Å². The van der Waals surface area contributed by atoms with Crippen LogP contribution in [0.15, 0.2) is 18.2 Å².